The summed E-state index contributed by atoms with van der Waals surface area (Å²) in [7, 11) is 3.89. The quantitative estimate of drug-likeness (QED) is 0.209. The molecule has 0 spiro atoms. The normalized spacial score (nSPS) is 15.4. The van der Waals surface area contributed by atoms with E-state index in [0.717, 1.165) is 36.2 Å². The van der Waals surface area contributed by atoms with E-state index in [2.05, 4.69) is 5.32 Å². The van der Waals surface area contributed by atoms with Crippen LogP contribution in [0.4, 0.5) is 17.1 Å². The largest absolute Gasteiger partial charge is 0.378 e. The Morgan fingerprint density at radius 1 is 0.957 bits per heavy atom. The van der Waals surface area contributed by atoms with E-state index in [9.17, 15) is 19.2 Å². The summed E-state index contributed by atoms with van der Waals surface area (Å²) in [5, 5.41) is 6.27. The van der Waals surface area contributed by atoms with Crippen LogP contribution in [0.25, 0.3) is 11.3 Å². The standard InChI is InChI=1S/C35H34ClN5O4S/c1-39(2)26-16-14-25(15-17-26)37-34(45)35(18-6-3-7-19-35)41(20-30-38-28(22-46-30)23-10-12-24(36)13-11-23)31(42)21-40-29-9-5-4-8-27(29)32(43)33(40)44/h4-5,8-17,22H,3,6-7,18-21H2,1-2H3,(H,37,45). The van der Waals surface area contributed by atoms with Crippen molar-refractivity contribution >= 4 is 63.5 Å². The van der Waals surface area contributed by atoms with Crippen molar-refractivity contribution in [3.8, 4) is 11.3 Å². The number of rotatable bonds is 9. The summed E-state index contributed by atoms with van der Waals surface area (Å²) in [6.45, 7) is -0.300. The van der Waals surface area contributed by atoms with Gasteiger partial charge in [-0.15, -0.1) is 11.3 Å². The Kier molecular flexibility index (Phi) is 8.93. The Hall–Kier alpha value is -4.54. The molecule has 4 aromatic rings. The number of fused-ring (bicyclic) bond motifs is 1. The van der Waals surface area contributed by atoms with Crippen molar-refractivity contribution in [1.82, 2.24) is 9.88 Å². The van der Waals surface area contributed by atoms with Gasteiger partial charge in [-0.2, -0.15) is 0 Å². The monoisotopic (exact) mass is 655 g/mol. The molecule has 1 aliphatic heterocycles. The van der Waals surface area contributed by atoms with Crippen molar-refractivity contribution in [2.75, 3.05) is 35.8 Å². The number of hydrogen-bond acceptors (Lipinski definition) is 7. The van der Waals surface area contributed by atoms with Gasteiger partial charge in [-0.05, 0) is 61.4 Å². The first-order valence-electron chi connectivity index (χ1n) is 15.2. The third-order valence-electron chi connectivity index (χ3n) is 8.72. The molecule has 0 unspecified atom stereocenters. The van der Waals surface area contributed by atoms with Gasteiger partial charge in [-0.3, -0.25) is 24.1 Å². The van der Waals surface area contributed by atoms with Crippen LogP contribution in [-0.2, 0) is 20.9 Å². The molecule has 0 bridgehead atoms. The maximum atomic E-state index is 14.5. The molecule has 6 rings (SSSR count). The van der Waals surface area contributed by atoms with Crippen LogP contribution in [0, 0.1) is 0 Å². The van der Waals surface area contributed by atoms with Crippen molar-refractivity contribution in [1.29, 1.82) is 0 Å². The number of nitrogens with zero attached hydrogens (tertiary/aromatic N) is 4. The van der Waals surface area contributed by atoms with Gasteiger partial charge in [-0.1, -0.05) is 55.1 Å². The van der Waals surface area contributed by atoms with Crippen molar-refractivity contribution < 1.29 is 19.2 Å². The highest BCUT2D eigenvalue weighted by molar-refractivity contribution is 7.09. The molecular formula is C35H34ClN5O4S. The lowest BCUT2D eigenvalue weighted by Crippen LogP contribution is -2.61. The summed E-state index contributed by atoms with van der Waals surface area (Å²) in [5.74, 6) is -2.11. The van der Waals surface area contributed by atoms with Crippen LogP contribution in [-0.4, -0.2) is 59.6 Å². The van der Waals surface area contributed by atoms with Crippen molar-refractivity contribution in [3.05, 3.63) is 93.8 Å². The van der Waals surface area contributed by atoms with Gasteiger partial charge in [-0.25, -0.2) is 4.98 Å². The molecule has 3 amide bonds. The number of benzene rings is 3. The fourth-order valence-corrected chi connectivity index (χ4v) is 7.14. The van der Waals surface area contributed by atoms with E-state index in [4.69, 9.17) is 16.6 Å². The molecule has 0 atom stereocenters. The highest BCUT2D eigenvalue weighted by atomic mass is 35.5. The van der Waals surface area contributed by atoms with Crippen LogP contribution in [0.1, 0.15) is 47.5 Å². The van der Waals surface area contributed by atoms with E-state index in [1.165, 1.54) is 16.2 Å². The molecule has 1 aliphatic carbocycles. The molecule has 1 aromatic heterocycles. The number of ketones is 1. The number of thiazole rings is 1. The third kappa shape index (κ3) is 6.15. The molecule has 1 fully saturated rings. The number of Topliss-reactive ketones (excluding diaryl/α,β-unsaturated/α-hetero) is 1. The van der Waals surface area contributed by atoms with Crippen molar-refractivity contribution in [2.24, 2.45) is 0 Å². The molecule has 2 heterocycles. The lowest BCUT2D eigenvalue weighted by molar-refractivity contribution is -0.148. The first-order valence-corrected chi connectivity index (χ1v) is 16.5. The van der Waals surface area contributed by atoms with Gasteiger partial charge in [0.2, 0.25) is 11.8 Å². The Morgan fingerprint density at radius 2 is 1.65 bits per heavy atom. The molecule has 2 aliphatic rings. The predicted octanol–water partition coefficient (Wildman–Crippen LogP) is 6.43. The van der Waals surface area contributed by atoms with Crippen LogP contribution in [0.15, 0.2) is 78.2 Å². The van der Waals surface area contributed by atoms with Gasteiger partial charge in [0, 0.05) is 41.4 Å². The van der Waals surface area contributed by atoms with Gasteiger partial charge >= 0.3 is 0 Å². The molecule has 11 heteroatoms. The first-order chi connectivity index (χ1) is 22.2. The molecule has 0 radical (unpaired) electrons. The summed E-state index contributed by atoms with van der Waals surface area (Å²) in [4.78, 5) is 64.3. The molecule has 9 nitrogen and oxygen atoms in total. The highest BCUT2D eigenvalue weighted by Crippen LogP contribution is 2.38. The molecule has 3 aromatic carbocycles. The van der Waals surface area contributed by atoms with Gasteiger partial charge in [0.25, 0.3) is 11.7 Å². The minimum Gasteiger partial charge on any atom is -0.378 e. The van der Waals surface area contributed by atoms with Crippen LogP contribution in [0.2, 0.25) is 5.02 Å². The first kappa shape index (κ1) is 31.4. The summed E-state index contributed by atoms with van der Waals surface area (Å²) in [6, 6.07) is 21.6. The zero-order valence-electron chi connectivity index (χ0n) is 25.7. The van der Waals surface area contributed by atoms with E-state index >= 15 is 0 Å². The molecular weight excluding hydrogens is 622 g/mol. The number of amides is 3. The maximum absolute atomic E-state index is 14.5. The van der Waals surface area contributed by atoms with E-state index < -0.39 is 23.1 Å². The summed E-state index contributed by atoms with van der Waals surface area (Å²) >= 11 is 7.49. The summed E-state index contributed by atoms with van der Waals surface area (Å²) in [5.41, 5.74) is 2.72. The van der Waals surface area contributed by atoms with E-state index in [1.54, 1.807) is 41.3 Å². The highest BCUT2D eigenvalue weighted by Gasteiger charge is 2.48. The predicted molar refractivity (Wildman–Crippen MR) is 181 cm³/mol. The fourth-order valence-electron chi connectivity index (χ4n) is 6.22. The van der Waals surface area contributed by atoms with Crippen LogP contribution in [0.3, 0.4) is 0 Å². The number of carbonyl (C=O) groups is 4. The number of hydrogen-bond donors (Lipinski definition) is 1. The van der Waals surface area contributed by atoms with Crippen molar-refractivity contribution in [3.63, 3.8) is 0 Å². The minimum atomic E-state index is -1.19. The number of nitrogens with one attached hydrogen (secondary N) is 1. The van der Waals surface area contributed by atoms with Gasteiger partial charge in [0.1, 0.15) is 17.1 Å². The third-order valence-corrected chi connectivity index (χ3v) is 9.81. The van der Waals surface area contributed by atoms with Crippen LogP contribution >= 0.6 is 22.9 Å². The Labute approximate surface area is 276 Å². The second kappa shape index (κ2) is 13.1. The molecule has 1 N–H and O–H groups in total. The second-order valence-corrected chi connectivity index (χ2v) is 13.2. The number of halogens is 1. The summed E-state index contributed by atoms with van der Waals surface area (Å²) in [6.07, 6.45) is 3.38. The Balaban J connectivity index is 1.35. The Bertz CT molecular complexity index is 1780. The van der Waals surface area contributed by atoms with E-state index in [0.29, 0.717) is 34.2 Å². The van der Waals surface area contributed by atoms with Gasteiger partial charge < -0.3 is 15.1 Å². The second-order valence-electron chi connectivity index (χ2n) is 11.8. The maximum Gasteiger partial charge on any atom is 0.299 e. The average molecular weight is 656 g/mol. The smallest absolute Gasteiger partial charge is 0.299 e. The molecule has 46 heavy (non-hydrogen) atoms. The van der Waals surface area contributed by atoms with Crippen LogP contribution < -0.4 is 15.1 Å². The SMILES string of the molecule is CN(C)c1ccc(NC(=O)C2(N(Cc3nc(-c4ccc(Cl)cc4)cs3)C(=O)CN3C(=O)C(=O)c4ccccc43)CCCCC2)cc1. The lowest BCUT2D eigenvalue weighted by atomic mass is 9.79. The Morgan fingerprint density at radius 3 is 2.35 bits per heavy atom. The van der Waals surface area contributed by atoms with E-state index in [1.807, 2.05) is 60.8 Å². The topological polar surface area (TPSA) is 103 Å². The number of anilines is 3. The fraction of sp³-hybridized carbons (Fsp3) is 0.286. The molecule has 236 valence electrons. The minimum absolute atomic E-state index is 0.0711. The van der Waals surface area contributed by atoms with Gasteiger partial charge in [0.05, 0.1) is 23.5 Å². The van der Waals surface area contributed by atoms with Gasteiger partial charge in [0.15, 0.2) is 0 Å². The zero-order valence-corrected chi connectivity index (χ0v) is 27.2. The molecule has 1 saturated carbocycles. The lowest BCUT2D eigenvalue weighted by Gasteiger charge is -2.45. The summed E-state index contributed by atoms with van der Waals surface area (Å²) < 4.78 is 0. The average Bonchev–Trinajstić information content (AvgIpc) is 3.63. The number of para-hydroxylation sites is 1. The number of carbonyl (C=O) groups excluding carboxylic acids is 4. The van der Waals surface area contributed by atoms with E-state index in [-0.39, 0.29) is 24.6 Å². The van der Waals surface area contributed by atoms with Crippen LogP contribution in [0.5, 0.6) is 0 Å². The zero-order chi connectivity index (χ0) is 32.4. The van der Waals surface area contributed by atoms with Crippen molar-refractivity contribution in [2.45, 2.75) is 44.2 Å². The molecule has 0 saturated heterocycles. The number of aromatic nitrogens is 1.